The lowest BCUT2D eigenvalue weighted by atomic mass is 10.0. The molecular formula is C19H26N2O4. The Labute approximate surface area is 148 Å². The molecule has 1 aromatic carbocycles. The minimum absolute atomic E-state index is 0.0718. The van der Waals surface area contributed by atoms with Gasteiger partial charge in [-0.15, -0.1) is 0 Å². The zero-order valence-electron chi connectivity index (χ0n) is 15.1. The highest BCUT2D eigenvalue weighted by atomic mass is 16.5. The van der Waals surface area contributed by atoms with Gasteiger partial charge in [-0.2, -0.15) is 0 Å². The number of carbonyl (C=O) groups excluding carboxylic acids is 3. The van der Waals surface area contributed by atoms with Crippen molar-refractivity contribution >= 4 is 23.5 Å². The third kappa shape index (κ3) is 4.59. The second kappa shape index (κ2) is 8.65. The van der Waals surface area contributed by atoms with Gasteiger partial charge >= 0.3 is 5.97 Å². The first-order valence-electron chi connectivity index (χ1n) is 8.77. The van der Waals surface area contributed by atoms with Crippen LogP contribution in [0.3, 0.4) is 0 Å². The number of rotatable bonds is 5. The van der Waals surface area contributed by atoms with Crippen molar-refractivity contribution in [2.75, 3.05) is 19.0 Å². The van der Waals surface area contributed by atoms with E-state index in [-0.39, 0.29) is 23.7 Å². The van der Waals surface area contributed by atoms with Crippen molar-refractivity contribution in [1.29, 1.82) is 0 Å². The van der Waals surface area contributed by atoms with E-state index in [0.717, 1.165) is 19.3 Å². The number of piperidine rings is 1. The molecule has 1 aliphatic rings. The smallest absolute Gasteiger partial charge is 0.328 e. The van der Waals surface area contributed by atoms with E-state index >= 15 is 0 Å². The summed E-state index contributed by atoms with van der Waals surface area (Å²) in [7, 11) is 1.34. The second-order valence-corrected chi connectivity index (χ2v) is 6.41. The van der Waals surface area contributed by atoms with Crippen LogP contribution in [-0.4, -0.2) is 42.4 Å². The first-order valence-corrected chi connectivity index (χ1v) is 8.77. The number of ether oxygens (including phenoxy) is 1. The van der Waals surface area contributed by atoms with Crippen LogP contribution in [0.5, 0.6) is 0 Å². The predicted molar refractivity (Wildman–Crippen MR) is 95.2 cm³/mol. The number of amides is 2. The van der Waals surface area contributed by atoms with E-state index in [4.69, 9.17) is 4.74 Å². The van der Waals surface area contributed by atoms with Gasteiger partial charge in [0.25, 0.3) is 5.91 Å². The second-order valence-electron chi connectivity index (χ2n) is 6.41. The molecule has 1 N–H and O–H groups in total. The molecule has 0 saturated carbocycles. The SMILES string of the molecule is CC[C@H](C)C(=O)Nc1cccc(C(=O)N2CCCC[C@@H]2C(=O)OC)c1. The molecule has 0 aromatic heterocycles. The van der Waals surface area contributed by atoms with E-state index in [9.17, 15) is 14.4 Å². The molecular weight excluding hydrogens is 320 g/mol. The topological polar surface area (TPSA) is 75.7 Å². The van der Waals surface area contributed by atoms with Crippen LogP contribution < -0.4 is 5.32 Å². The molecule has 1 aromatic rings. The molecule has 0 spiro atoms. The molecule has 6 heteroatoms. The summed E-state index contributed by atoms with van der Waals surface area (Å²) in [4.78, 5) is 38.4. The number of carbonyl (C=O) groups is 3. The fraction of sp³-hybridized carbons (Fsp3) is 0.526. The van der Waals surface area contributed by atoms with Crippen LogP contribution in [0.25, 0.3) is 0 Å². The summed E-state index contributed by atoms with van der Waals surface area (Å²) in [5.74, 6) is -0.758. The molecule has 1 fully saturated rings. The van der Waals surface area contributed by atoms with Gasteiger partial charge in [0, 0.05) is 23.7 Å². The predicted octanol–water partition coefficient (Wildman–Crippen LogP) is 2.84. The largest absolute Gasteiger partial charge is 0.467 e. The molecule has 2 rings (SSSR count). The third-order valence-electron chi connectivity index (χ3n) is 4.67. The van der Waals surface area contributed by atoms with Crippen LogP contribution in [0, 0.1) is 5.92 Å². The highest BCUT2D eigenvalue weighted by Gasteiger charge is 2.33. The standard InChI is InChI=1S/C19H26N2O4/c1-4-13(2)17(22)20-15-9-7-8-14(12-15)18(23)21-11-6-5-10-16(21)19(24)25-3/h7-9,12-13,16H,4-6,10-11H2,1-3H3,(H,20,22)/t13-,16+/m0/s1. The molecule has 0 bridgehead atoms. The van der Waals surface area contributed by atoms with Gasteiger partial charge in [-0.3, -0.25) is 9.59 Å². The molecule has 1 aliphatic heterocycles. The Morgan fingerprint density at radius 2 is 2.08 bits per heavy atom. The van der Waals surface area contributed by atoms with Crippen LogP contribution in [0.1, 0.15) is 49.9 Å². The van der Waals surface area contributed by atoms with Crippen LogP contribution in [-0.2, 0) is 14.3 Å². The maximum atomic E-state index is 12.9. The highest BCUT2D eigenvalue weighted by Crippen LogP contribution is 2.22. The fourth-order valence-electron chi connectivity index (χ4n) is 2.90. The first-order chi connectivity index (χ1) is 12.0. The zero-order chi connectivity index (χ0) is 18.4. The maximum absolute atomic E-state index is 12.9. The normalized spacial score (nSPS) is 18.4. The number of benzene rings is 1. The van der Waals surface area contributed by atoms with Crippen LogP contribution in [0.2, 0.25) is 0 Å². The minimum atomic E-state index is -0.537. The Morgan fingerprint density at radius 1 is 1.32 bits per heavy atom. The van der Waals surface area contributed by atoms with Crippen molar-refractivity contribution in [2.45, 2.75) is 45.6 Å². The number of nitrogens with zero attached hydrogens (tertiary/aromatic N) is 1. The summed E-state index contributed by atoms with van der Waals surface area (Å²) in [6.45, 7) is 4.34. The van der Waals surface area contributed by atoms with Crippen molar-refractivity contribution in [2.24, 2.45) is 5.92 Å². The number of likely N-dealkylation sites (tertiary alicyclic amines) is 1. The molecule has 6 nitrogen and oxygen atoms in total. The van der Waals surface area contributed by atoms with E-state index in [0.29, 0.717) is 24.2 Å². The van der Waals surface area contributed by atoms with Gasteiger partial charge in [0.15, 0.2) is 0 Å². The summed E-state index contributed by atoms with van der Waals surface area (Å²) >= 11 is 0. The van der Waals surface area contributed by atoms with Crippen LogP contribution in [0.4, 0.5) is 5.69 Å². The van der Waals surface area contributed by atoms with Crippen molar-refractivity contribution in [1.82, 2.24) is 4.90 Å². The number of anilines is 1. The van der Waals surface area contributed by atoms with Crippen LogP contribution >= 0.6 is 0 Å². The van der Waals surface area contributed by atoms with Gasteiger partial charge in [0.2, 0.25) is 5.91 Å². The van der Waals surface area contributed by atoms with Crippen molar-refractivity contribution in [3.8, 4) is 0 Å². The monoisotopic (exact) mass is 346 g/mol. The quantitative estimate of drug-likeness (QED) is 0.832. The molecule has 0 aliphatic carbocycles. The Hall–Kier alpha value is -2.37. The van der Waals surface area contributed by atoms with E-state index in [1.807, 2.05) is 13.8 Å². The first kappa shape index (κ1) is 19.0. The summed E-state index contributed by atoms with van der Waals surface area (Å²) < 4.78 is 4.83. The Bertz CT molecular complexity index is 644. The molecule has 2 atom stereocenters. The lowest BCUT2D eigenvalue weighted by Crippen LogP contribution is -2.48. The molecule has 1 saturated heterocycles. The van der Waals surface area contributed by atoms with Gasteiger partial charge in [0.1, 0.15) is 6.04 Å². The summed E-state index contributed by atoms with van der Waals surface area (Å²) in [5.41, 5.74) is 1.04. The van der Waals surface area contributed by atoms with Crippen LogP contribution in [0.15, 0.2) is 24.3 Å². The molecule has 0 unspecified atom stereocenters. The maximum Gasteiger partial charge on any atom is 0.328 e. The van der Waals surface area contributed by atoms with Gasteiger partial charge in [-0.25, -0.2) is 4.79 Å². The Kier molecular flexibility index (Phi) is 6.56. The summed E-state index contributed by atoms with van der Waals surface area (Å²) in [5, 5.41) is 2.83. The minimum Gasteiger partial charge on any atom is -0.467 e. The van der Waals surface area contributed by atoms with Gasteiger partial charge < -0.3 is 15.0 Å². The lowest BCUT2D eigenvalue weighted by molar-refractivity contribution is -0.147. The lowest BCUT2D eigenvalue weighted by Gasteiger charge is -2.33. The van der Waals surface area contributed by atoms with Gasteiger partial charge in [0.05, 0.1) is 7.11 Å². The third-order valence-corrected chi connectivity index (χ3v) is 4.67. The number of methoxy groups -OCH3 is 1. The van der Waals surface area contributed by atoms with E-state index in [1.165, 1.54) is 7.11 Å². The van der Waals surface area contributed by atoms with Crippen molar-refractivity contribution < 1.29 is 19.1 Å². The van der Waals surface area contributed by atoms with Crippen molar-refractivity contribution in [3.05, 3.63) is 29.8 Å². The number of hydrogen-bond donors (Lipinski definition) is 1. The Morgan fingerprint density at radius 3 is 2.76 bits per heavy atom. The molecule has 1 heterocycles. The van der Waals surface area contributed by atoms with E-state index in [1.54, 1.807) is 29.2 Å². The Balaban J connectivity index is 2.17. The highest BCUT2D eigenvalue weighted by molar-refractivity contribution is 5.99. The molecule has 25 heavy (non-hydrogen) atoms. The number of hydrogen-bond acceptors (Lipinski definition) is 4. The van der Waals surface area contributed by atoms with Gasteiger partial charge in [-0.05, 0) is 43.9 Å². The van der Waals surface area contributed by atoms with E-state index < -0.39 is 6.04 Å². The number of esters is 1. The summed E-state index contributed by atoms with van der Waals surface area (Å²) in [6.07, 6.45) is 3.13. The molecule has 136 valence electrons. The van der Waals surface area contributed by atoms with E-state index in [2.05, 4.69) is 5.32 Å². The molecule has 2 amide bonds. The van der Waals surface area contributed by atoms with Gasteiger partial charge in [-0.1, -0.05) is 19.9 Å². The number of nitrogens with one attached hydrogen (secondary N) is 1. The average molecular weight is 346 g/mol. The van der Waals surface area contributed by atoms with Crippen molar-refractivity contribution in [3.63, 3.8) is 0 Å². The fourth-order valence-corrected chi connectivity index (χ4v) is 2.90. The average Bonchev–Trinajstić information content (AvgIpc) is 2.66. The zero-order valence-corrected chi connectivity index (χ0v) is 15.1. The summed E-state index contributed by atoms with van der Waals surface area (Å²) in [6, 6.07) is 6.31. The molecule has 0 radical (unpaired) electrons.